The predicted molar refractivity (Wildman–Crippen MR) is 62.8 cm³/mol. The predicted octanol–water partition coefficient (Wildman–Crippen LogP) is 2.12. The van der Waals surface area contributed by atoms with Crippen LogP contribution < -0.4 is 4.90 Å². The Morgan fingerprint density at radius 2 is 2.38 bits per heavy atom. The third kappa shape index (κ3) is 3.03. The smallest absolute Gasteiger partial charge is 0.171 e. The highest BCUT2D eigenvalue weighted by molar-refractivity contribution is 5.41. The number of hydrogen-bond donors (Lipinski definition) is 1. The van der Waals surface area contributed by atoms with Gasteiger partial charge in [-0.2, -0.15) is 0 Å². The van der Waals surface area contributed by atoms with Crippen LogP contribution in [0.25, 0.3) is 0 Å². The van der Waals surface area contributed by atoms with Gasteiger partial charge in [-0.25, -0.2) is 9.37 Å². The first-order chi connectivity index (χ1) is 7.70. The van der Waals surface area contributed by atoms with Crippen molar-refractivity contribution < 1.29 is 9.50 Å². The van der Waals surface area contributed by atoms with Crippen LogP contribution in [0.4, 0.5) is 10.2 Å². The van der Waals surface area contributed by atoms with E-state index in [1.807, 2.05) is 6.08 Å². The Morgan fingerprint density at radius 1 is 1.62 bits per heavy atom. The topological polar surface area (TPSA) is 36.4 Å². The van der Waals surface area contributed by atoms with Gasteiger partial charge in [-0.15, -0.1) is 6.58 Å². The van der Waals surface area contributed by atoms with Crippen LogP contribution in [-0.4, -0.2) is 23.7 Å². The van der Waals surface area contributed by atoms with Gasteiger partial charge in [-0.3, -0.25) is 0 Å². The highest BCUT2D eigenvalue weighted by Gasteiger charge is 2.12. The van der Waals surface area contributed by atoms with Crippen LogP contribution in [0.3, 0.4) is 0 Å². The molecule has 1 N–H and O–H groups in total. The lowest BCUT2D eigenvalue weighted by Crippen LogP contribution is -2.21. The van der Waals surface area contributed by atoms with Gasteiger partial charge in [0, 0.05) is 25.4 Å². The minimum Gasteiger partial charge on any atom is -0.392 e. The van der Waals surface area contributed by atoms with E-state index in [2.05, 4.69) is 11.6 Å². The number of nitrogens with zero attached hydrogens (tertiary/aromatic N) is 2. The number of pyridine rings is 1. The average Bonchev–Trinajstić information content (AvgIpc) is 2.29. The Balaban J connectivity index is 2.74. The number of unbranched alkanes of at least 4 members (excludes halogenated alkanes) is 1. The molecule has 4 heteroatoms. The van der Waals surface area contributed by atoms with Crippen molar-refractivity contribution in [1.82, 2.24) is 4.98 Å². The van der Waals surface area contributed by atoms with Gasteiger partial charge in [-0.1, -0.05) is 6.08 Å². The second-order valence-corrected chi connectivity index (χ2v) is 3.62. The summed E-state index contributed by atoms with van der Waals surface area (Å²) >= 11 is 0. The molecule has 0 aliphatic heterocycles. The maximum atomic E-state index is 13.7. The molecular formula is C12H17FN2O. The lowest BCUT2D eigenvalue weighted by molar-refractivity contribution is 0.275. The zero-order valence-corrected chi connectivity index (χ0v) is 9.49. The highest BCUT2D eigenvalue weighted by Crippen LogP contribution is 2.18. The van der Waals surface area contributed by atoms with Crippen molar-refractivity contribution in [3.05, 3.63) is 36.3 Å². The van der Waals surface area contributed by atoms with Gasteiger partial charge in [0.15, 0.2) is 11.6 Å². The average molecular weight is 224 g/mol. The summed E-state index contributed by atoms with van der Waals surface area (Å²) in [6, 6.07) is 1.48. The molecule has 0 spiro atoms. The van der Waals surface area contributed by atoms with E-state index in [0.717, 1.165) is 12.8 Å². The van der Waals surface area contributed by atoms with Crippen LogP contribution in [0, 0.1) is 5.82 Å². The largest absolute Gasteiger partial charge is 0.392 e. The quantitative estimate of drug-likeness (QED) is 0.594. The first-order valence-corrected chi connectivity index (χ1v) is 5.27. The number of halogens is 1. The maximum absolute atomic E-state index is 13.7. The molecule has 1 aromatic rings. The van der Waals surface area contributed by atoms with Gasteiger partial charge in [0.1, 0.15) is 0 Å². The molecule has 88 valence electrons. The van der Waals surface area contributed by atoms with Crippen molar-refractivity contribution in [1.29, 1.82) is 0 Å². The zero-order valence-electron chi connectivity index (χ0n) is 9.49. The summed E-state index contributed by atoms with van der Waals surface area (Å²) in [6.07, 6.45) is 5.14. The Morgan fingerprint density at radius 3 is 3.00 bits per heavy atom. The van der Waals surface area contributed by atoms with Crippen LogP contribution in [-0.2, 0) is 6.61 Å². The van der Waals surface area contributed by atoms with Crippen LogP contribution >= 0.6 is 0 Å². The molecular weight excluding hydrogens is 207 g/mol. The molecule has 16 heavy (non-hydrogen) atoms. The number of anilines is 1. The molecule has 0 fully saturated rings. The van der Waals surface area contributed by atoms with Crippen LogP contribution in [0.15, 0.2) is 24.9 Å². The van der Waals surface area contributed by atoms with E-state index in [-0.39, 0.29) is 18.0 Å². The summed E-state index contributed by atoms with van der Waals surface area (Å²) in [5, 5.41) is 8.94. The summed E-state index contributed by atoms with van der Waals surface area (Å²) in [6.45, 7) is 4.04. The fourth-order valence-corrected chi connectivity index (χ4v) is 1.44. The number of aliphatic hydroxyl groups excluding tert-OH is 1. The first-order valence-electron chi connectivity index (χ1n) is 5.27. The lowest BCUT2D eigenvalue weighted by Gasteiger charge is -2.19. The molecule has 0 aromatic carbocycles. The Bertz CT molecular complexity index is 355. The van der Waals surface area contributed by atoms with Gasteiger partial charge in [0.2, 0.25) is 0 Å². The van der Waals surface area contributed by atoms with Crippen molar-refractivity contribution in [2.75, 3.05) is 18.5 Å². The molecule has 0 bridgehead atoms. The fourth-order valence-electron chi connectivity index (χ4n) is 1.44. The van der Waals surface area contributed by atoms with Crippen molar-refractivity contribution in [2.24, 2.45) is 0 Å². The molecule has 0 unspecified atom stereocenters. The van der Waals surface area contributed by atoms with Gasteiger partial charge < -0.3 is 10.0 Å². The Labute approximate surface area is 95.2 Å². The molecule has 1 rings (SSSR count). The minimum atomic E-state index is -0.439. The van der Waals surface area contributed by atoms with Crippen LogP contribution in [0.5, 0.6) is 0 Å². The minimum absolute atomic E-state index is 0.278. The van der Waals surface area contributed by atoms with Crippen molar-refractivity contribution in [2.45, 2.75) is 19.4 Å². The van der Waals surface area contributed by atoms with E-state index in [1.54, 1.807) is 11.9 Å². The zero-order chi connectivity index (χ0) is 12.0. The van der Waals surface area contributed by atoms with E-state index in [0.29, 0.717) is 6.54 Å². The molecule has 0 aliphatic carbocycles. The molecule has 0 atom stereocenters. The SMILES string of the molecule is C=CCCCN(C)c1nccc(CO)c1F. The van der Waals surface area contributed by atoms with Gasteiger partial charge >= 0.3 is 0 Å². The van der Waals surface area contributed by atoms with E-state index in [9.17, 15) is 4.39 Å². The van der Waals surface area contributed by atoms with Crippen LogP contribution in [0.1, 0.15) is 18.4 Å². The molecule has 1 aromatic heterocycles. The number of aromatic nitrogens is 1. The molecule has 0 radical (unpaired) electrons. The molecule has 3 nitrogen and oxygen atoms in total. The molecule has 0 amide bonds. The summed E-state index contributed by atoms with van der Waals surface area (Å²) in [5.74, 6) is -0.151. The second-order valence-electron chi connectivity index (χ2n) is 3.62. The highest BCUT2D eigenvalue weighted by atomic mass is 19.1. The third-order valence-corrected chi connectivity index (χ3v) is 2.38. The van der Waals surface area contributed by atoms with Gasteiger partial charge in [0.25, 0.3) is 0 Å². The number of hydrogen-bond acceptors (Lipinski definition) is 3. The third-order valence-electron chi connectivity index (χ3n) is 2.38. The summed E-state index contributed by atoms with van der Waals surface area (Å²) < 4.78 is 13.7. The fraction of sp³-hybridized carbons (Fsp3) is 0.417. The number of allylic oxidation sites excluding steroid dienone is 1. The second kappa shape index (κ2) is 6.23. The van der Waals surface area contributed by atoms with Crippen LogP contribution in [0.2, 0.25) is 0 Å². The Hall–Kier alpha value is -1.42. The van der Waals surface area contributed by atoms with Gasteiger partial charge in [-0.05, 0) is 18.9 Å². The lowest BCUT2D eigenvalue weighted by atomic mass is 10.2. The Kier molecular flexibility index (Phi) is 4.92. The van der Waals surface area contributed by atoms with Crippen molar-refractivity contribution >= 4 is 5.82 Å². The standard InChI is InChI=1S/C12H17FN2O/c1-3-4-5-8-15(2)12-11(13)10(9-16)6-7-14-12/h3,6-7,16H,1,4-5,8-9H2,2H3. The summed E-state index contributed by atoms with van der Waals surface area (Å²) in [4.78, 5) is 5.73. The number of rotatable bonds is 6. The molecule has 0 saturated heterocycles. The maximum Gasteiger partial charge on any atom is 0.171 e. The van der Waals surface area contributed by atoms with Crippen molar-refractivity contribution in [3.8, 4) is 0 Å². The summed E-state index contributed by atoms with van der Waals surface area (Å²) in [7, 11) is 1.79. The molecule has 0 saturated carbocycles. The molecule has 0 aliphatic rings. The van der Waals surface area contributed by atoms with Gasteiger partial charge in [0.05, 0.1) is 6.61 Å². The van der Waals surface area contributed by atoms with E-state index < -0.39 is 5.82 Å². The van der Waals surface area contributed by atoms with E-state index in [1.165, 1.54) is 12.3 Å². The number of aliphatic hydroxyl groups is 1. The van der Waals surface area contributed by atoms with Crippen molar-refractivity contribution in [3.63, 3.8) is 0 Å². The monoisotopic (exact) mass is 224 g/mol. The molecule has 1 heterocycles. The van der Waals surface area contributed by atoms with E-state index in [4.69, 9.17) is 5.11 Å². The first kappa shape index (κ1) is 12.6. The van der Waals surface area contributed by atoms with E-state index >= 15 is 0 Å². The normalized spacial score (nSPS) is 10.2. The summed E-state index contributed by atoms with van der Waals surface area (Å²) in [5.41, 5.74) is 0.278.